The fourth-order valence-corrected chi connectivity index (χ4v) is 2.73. The van der Waals surface area contributed by atoms with Gasteiger partial charge in [0.15, 0.2) is 0 Å². The monoisotopic (exact) mass is 243 g/mol. The lowest BCUT2D eigenvalue weighted by atomic mass is 10.1. The summed E-state index contributed by atoms with van der Waals surface area (Å²) in [4.78, 5) is 4.88. The Labute approximate surface area is 106 Å². The van der Waals surface area contributed by atoms with Gasteiger partial charge in [0.05, 0.1) is 6.10 Å². The predicted molar refractivity (Wildman–Crippen MR) is 72.2 cm³/mol. The lowest BCUT2D eigenvalue weighted by Crippen LogP contribution is -2.35. The van der Waals surface area contributed by atoms with Crippen LogP contribution in [0.5, 0.6) is 0 Å². The molecule has 4 heteroatoms. The van der Waals surface area contributed by atoms with Crippen LogP contribution in [-0.2, 0) is 4.74 Å². The molecular formula is C13H29N3O. The van der Waals surface area contributed by atoms with Crippen molar-refractivity contribution in [1.29, 1.82) is 0 Å². The van der Waals surface area contributed by atoms with Crippen LogP contribution in [0.15, 0.2) is 0 Å². The van der Waals surface area contributed by atoms with Gasteiger partial charge in [0, 0.05) is 38.8 Å². The van der Waals surface area contributed by atoms with Crippen LogP contribution < -0.4 is 5.73 Å². The molecule has 2 N–H and O–H groups in total. The summed E-state index contributed by atoms with van der Waals surface area (Å²) in [6.45, 7) is 9.25. The maximum atomic E-state index is 5.69. The predicted octanol–water partition coefficient (Wildman–Crippen LogP) is 0.622. The van der Waals surface area contributed by atoms with E-state index in [-0.39, 0.29) is 6.10 Å². The molecule has 1 aliphatic rings. The minimum Gasteiger partial charge on any atom is -0.377 e. The number of hydrogen-bond acceptors (Lipinski definition) is 4. The van der Waals surface area contributed by atoms with Crippen LogP contribution in [-0.4, -0.2) is 68.8 Å². The molecule has 0 radical (unpaired) electrons. The molecule has 4 nitrogen and oxygen atoms in total. The van der Waals surface area contributed by atoms with Gasteiger partial charge in [0.1, 0.15) is 0 Å². The summed E-state index contributed by atoms with van der Waals surface area (Å²) in [7, 11) is 4.35. The third-order valence-corrected chi connectivity index (χ3v) is 3.74. The molecule has 1 heterocycles. The van der Waals surface area contributed by atoms with Crippen molar-refractivity contribution in [3.8, 4) is 0 Å². The molecule has 0 saturated carbocycles. The van der Waals surface area contributed by atoms with Gasteiger partial charge in [-0.2, -0.15) is 0 Å². The Bertz CT molecular complexity index is 211. The van der Waals surface area contributed by atoms with Crippen LogP contribution in [0.2, 0.25) is 0 Å². The summed E-state index contributed by atoms with van der Waals surface area (Å²) in [5, 5.41) is 0. The van der Waals surface area contributed by atoms with Crippen LogP contribution >= 0.6 is 0 Å². The smallest absolute Gasteiger partial charge is 0.0709 e. The molecule has 0 bridgehead atoms. The number of rotatable bonds is 7. The molecular weight excluding hydrogens is 214 g/mol. The summed E-state index contributed by atoms with van der Waals surface area (Å²) in [6, 6.07) is 0.693. The van der Waals surface area contributed by atoms with Crippen LogP contribution in [0.3, 0.4) is 0 Å². The molecule has 0 amide bonds. The topological polar surface area (TPSA) is 41.7 Å². The highest BCUT2D eigenvalue weighted by Crippen LogP contribution is 2.20. The first-order valence-electron chi connectivity index (χ1n) is 6.78. The lowest BCUT2D eigenvalue weighted by Gasteiger charge is -2.23. The number of likely N-dealkylation sites (N-methyl/N-ethyl adjacent to an activating group) is 1. The highest BCUT2D eigenvalue weighted by Gasteiger charge is 2.30. The highest BCUT2D eigenvalue weighted by molar-refractivity contribution is 4.86. The van der Waals surface area contributed by atoms with Crippen molar-refractivity contribution < 1.29 is 4.74 Å². The van der Waals surface area contributed by atoms with E-state index < -0.39 is 0 Å². The lowest BCUT2D eigenvalue weighted by molar-refractivity contribution is 0.0557. The molecule has 1 rings (SSSR count). The molecule has 1 fully saturated rings. The first-order chi connectivity index (χ1) is 8.08. The molecule has 0 aromatic heterocycles. The second-order valence-electron chi connectivity index (χ2n) is 5.37. The number of nitrogens with zero attached hydrogens (tertiary/aromatic N) is 2. The van der Waals surface area contributed by atoms with Gasteiger partial charge in [-0.25, -0.2) is 0 Å². The summed E-state index contributed by atoms with van der Waals surface area (Å²) in [5.41, 5.74) is 5.69. The van der Waals surface area contributed by atoms with E-state index in [1.165, 1.54) is 13.1 Å². The Kier molecular flexibility index (Phi) is 6.41. The third kappa shape index (κ3) is 4.54. The average Bonchev–Trinajstić information content (AvgIpc) is 2.66. The van der Waals surface area contributed by atoms with Crippen molar-refractivity contribution in [2.24, 2.45) is 11.7 Å². The maximum Gasteiger partial charge on any atom is 0.0709 e. The molecule has 0 aliphatic carbocycles. The van der Waals surface area contributed by atoms with Crippen molar-refractivity contribution in [3.63, 3.8) is 0 Å². The van der Waals surface area contributed by atoms with Gasteiger partial charge in [0.2, 0.25) is 0 Å². The van der Waals surface area contributed by atoms with Crippen molar-refractivity contribution in [1.82, 2.24) is 9.80 Å². The second kappa shape index (κ2) is 7.31. The van der Waals surface area contributed by atoms with E-state index in [1.807, 2.05) is 6.92 Å². The molecule has 1 aliphatic heterocycles. The zero-order valence-corrected chi connectivity index (χ0v) is 11.9. The number of likely N-dealkylation sites (tertiary alicyclic amines) is 1. The Morgan fingerprint density at radius 1 is 1.41 bits per heavy atom. The quantitative estimate of drug-likeness (QED) is 0.712. The number of nitrogens with two attached hydrogens (primary N) is 1. The first-order valence-corrected chi connectivity index (χ1v) is 6.78. The van der Waals surface area contributed by atoms with E-state index in [2.05, 4.69) is 30.8 Å². The van der Waals surface area contributed by atoms with E-state index in [0.29, 0.717) is 12.6 Å². The van der Waals surface area contributed by atoms with Crippen molar-refractivity contribution in [3.05, 3.63) is 0 Å². The SMILES string of the molecule is CCOC(CN)CCN1CC(C)C(N(C)C)C1. The Balaban J connectivity index is 2.29. The number of hydrogen-bond donors (Lipinski definition) is 1. The van der Waals surface area contributed by atoms with E-state index in [9.17, 15) is 0 Å². The maximum absolute atomic E-state index is 5.69. The van der Waals surface area contributed by atoms with E-state index >= 15 is 0 Å². The molecule has 17 heavy (non-hydrogen) atoms. The zero-order valence-electron chi connectivity index (χ0n) is 11.9. The fraction of sp³-hybridized carbons (Fsp3) is 1.00. The van der Waals surface area contributed by atoms with Gasteiger partial charge in [-0.3, -0.25) is 0 Å². The largest absolute Gasteiger partial charge is 0.377 e. The summed E-state index contributed by atoms with van der Waals surface area (Å²) in [6.07, 6.45) is 1.28. The standard InChI is InChI=1S/C13H29N3O/c1-5-17-12(8-14)6-7-16-9-11(2)13(10-16)15(3)4/h11-13H,5-10,14H2,1-4H3. The Hall–Kier alpha value is -0.160. The normalized spacial score (nSPS) is 27.9. The van der Waals surface area contributed by atoms with Gasteiger partial charge in [-0.1, -0.05) is 6.92 Å². The van der Waals surface area contributed by atoms with Gasteiger partial charge in [-0.05, 0) is 33.4 Å². The van der Waals surface area contributed by atoms with Crippen LogP contribution in [0.4, 0.5) is 0 Å². The zero-order chi connectivity index (χ0) is 12.8. The molecule has 3 unspecified atom stereocenters. The van der Waals surface area contributed by atoms with Gasteiger partial charge >= 0.3 is 0 Å². The first kappa shape index (κ1) is 14.9. The van der Waals surface area contributed by atoms with Gasteiger partial charge in [-0.15, -0.1) is 0 Å². The minimum absolute atomic E-state index is 0.230. The summed E-state index contributed by atoms with van der Waals surface area (Å²) < 4.78 is 5.59. The second-order valence-corrected chi connectivity index (χ2v) is 5.37. The number of ether oxygens (including phenoxy) is 1. The van der Waals surface area contributed by atoms with Gasteiger partial charge < -0.3 is 20.3 Å². The third-order valence-electron chi connectivity index (χ3n) is 3.74. The van der Waals surface area contributed by atoms with Gasteiger partial charge in [0.25, 0.3) is 0 Å². The highest BCUT2D eigenvalue weighted by atomic mass is 16.5. The molecule has 102 valence electrons. The molecule has 0 spiro atoms. The minimum atomic E-state index is 0.230. The van der Waals surface area contributed by atoms with Crippen LogP contribution in [0.25, 0.3) is 0 Å². The fourth-order valence-electron chi connectivity index (χ4n) is 2.73. The van der Waals surface area contributed by atoms with E-state index in [0.717, 1.165) is 25.5 Å². The van der Waals surface area contributed by atoms with E-state index in [1.54, 1.807) is 0 Å². The molecule has 0 aromatic rings. The van der Waals surface area contributed by atoms with E-state index in [4.69, 9.17) is 10.5 Å². The Morgan fingerprint density at radius 2 is 2.12 bits per heavy atom. The van der Waals surface area contributed by atoms with Crippen molar-refractivity contribution >= 4 is 0 Å². The Morgan fingerprint density at radius 3 is 2.59 bits per heavy atom. The molecule has 0 aromatic carbocycles. The average molecular weight is 243 g/mol. The summed E-state index contributed by atoms with van der Waals surface area (Å²) in [5.74, 6) is 0.758. The molecule has 1 saturated heterocycles. The molecule has 3 atom stereocenters. The van der Waals surface area contributed by atoms with Crippen LogP contribution in [0, 0.1) is 5.92 Å². The van der Waals surface area contributed by atoms with Crippen LogP contribution in [0.1, 0.15) is 20.3 Å². The van der Waals surface area contributed by atoms with Crippen molar-refractivity contribution in [2.75, 3.05) is 46.9 Å². The van der Waals surface area contributed by atoms with Crippen molar-refractivity contribution in [2.45, 2.75) is 32.4 Å². The summed E-state index contributed by atoms with van der Waals surface area (Å²) >= 11 is 0.